The molecule has 0 heterocycles. The number of carbonyl (C=O) groups is 1. The highest BCUT2D eigenvalue weighted by molar-refractivity contribution is 5.73. The molecule has 0 unspecified atom stereocenters. The highest BCUT2D eigenvalue weighted by Crippen LogP contribution is 2.54. The molecule has 0 aliphatic rings. The van der Waals surface area contributed by atoms with Crippen LogP contribution in [0, 0.1) is 0 Å². The van der Waals surface area contributed by atoms with Crippen LogP contribution in [0.4, 0.5) is 48.3 Å². The minimum absolute atomic E-state index is 0. The molecule has 0 aliphatic carbocycles. The van der Waals surface area contributed by atoms with Crippen LogP contribution in [0.5, 0.6) is 0 Å². The van der Waals surface area contributed by atoms with Gasteiger partial charge in [-0.1, -0.05) is 0 Å². The molecule has 0 aromatic carbocycles. The number of carboxylic acids is 1. The zero-order valence-corrected chi connectivity index (χ0v) is 9.13. The van der Waals surface area contributed by atoms with Crippen molar-refractivity contribution in [2.45, 2.75) is 30.2 Å². The molecule has 15 heteroatoms. The molecular formula is C6H4F11NO3. The van der Waals surface area contributed by atoms with Crippen LogP contribution in [0.25, 0.3) is 0 Å². The van der Waals surface area contributed by atoms with Crippen molar-refractivity contribution in [1.29, 1.82) is 0 Å². The number of rotatable bonds is 5. The van der Waals surface area contributed by atoms with Crippen molar-refractivity contribution in [2.24, 2.45) is 0 Å². The lowest BCUT2D eigenvalue weighted by atomic mass is 10.1. The third kappa shape index (κ3) is 3.63. The lowest BCUT2D eigenvalue weighted by molar-refractivity contribution is -0.475. The normalized spacial score (nSPS) is 14.6. The third-order valence-corrected chi connectivity index (χ3v) is 1.62. The van der Waals surface area contributed by atoms with Gasteiger partial charge in [-0.15, -0.1) is 0 Å². The van der Waals surface area contributed by atoms with Crippen molar-refractivity contribution < 1.29 is 62.9 Å². The first kappa shape index (κ1) is 21.9. The summed E-state index contributed by atoms with van der Waals surface area (Å²) >= 11 is 0. The van der Waals surface area contributed by atoms with Gasteiger partial charge in [0.1, 0.15) is 0 Å². The Hall–Kier alpha value is -1.38. The van der Waals surface area contributed by atoms with E-state index in [-0.39, 0.29) is 6.15 Å². The van der Waals surface area contributed by atoms with E-state index in [1.807, 2.05) is 0 Å². The van der Waals surface area contributed by atoms with Crippen molar-refractivity contribution in [1.82, 2.24) is 6.15 Å². The zero-order chi connectivity index (χ0) is 16.8. The Balaban J connectivity index is 0. The average Bonchev–Trinajstić information content (AvgIpc) is 2.12. The van der Waals surface area contributed by atoms with Crippen molar-refractivity contribution in [3.8, 4) is 0 Å². The van der Waals surface area contributed by atoms with Gasteiger partial charge in [-0.25, -0.2) is 9.53 Å². The summed E-state index contributed by atoms with van der Waals surface area (Å²) in [5, 5.41) is 7.57. The van der Waals surface area contributed by atoms with Crippen molar-refractivity contribution >= 4 is 5.97 Å². The number of ether oxygens (including phenoxy) is 1. The fraction of sp³-hybridized carbons (Fsp3) is 0.833. The molecular weight excluding hydrogens is 343 g/mol. The topological polar surface area (TPSA) is 81.5 Å². The third-order valence-electron chi connectivity index (χ3n) is 1.62. The quantitative estimate of drug-likeness (QED) is 0.748. The molecule has 0 aliphatic heterocycles. The minimum Gasteiger partial charge on any atom is -0.475 e. The molecule has 0 radical (unpaired) electrons. The molecule has 0 spiro atoms. The molecule has 0 aromatic rings. The van der Waals surface area contributed by atoms with Gasteiger partial charge in [-0.05, 0) is 0 Å². The SMILES string of the molecule is N.O=C(O)C(F)(F)OC(F)(F)C(F)(F)C(F)(F)C(F)(F)F. The Labute approximate surface area is 107 Å². The Morgan fingerprint density at radius 1 is 0.762 bits per heavy atom. The van der Waals surface area contributed by atoms with Gasteiger partial charge >= 0.3 is 36.2 Å². The summed E-state index contributed by atoms with van der Waals surface area (Å²) in [6, 6.07) is 0. The molecule has 0 rings (SSSR count). The highest BCUT2D eigenvalue weighted by Gasteiger charge is 2.84. The van der Waals surface area contributed by atoms with E-state index in [1.54, 1.807) is 4.74 Å². The summed E-state index contributed by atoms with van der Waals surface area (Å²) in [6.07, 6.45) is -20.5. The van der Waals surface area contributed by atoms with E-state index in [0.29, 0.717) is 0 Å². The lowest BCUT2D eigenvalue weighted by Crippen LogP contribution is -2.63. The van der Waals surface area contributed by atoms with E-state index in [2.05, 4.69) is 0 Å². The Morgan fingerprint density at radius 3 is 1.33 bits per heavy atom. The molecule has 0 fully saturated rings. The van der Waals surface area contributed by atoms with Crippen LogP contribution in [-0.2, 0) is 9.53 Å². The van der Waals surface area contributed by atoms with Crippen molar-refractivity contribution in [3.63, 3.8) is 0 Å². The van der Waals surface area contributed by atoms with Gasteiger partial charge in [0.25, 0.3) is 0 Å². The van der Waals surface area contributed by atoms with Gasteiger partial charge in [-0.3, -0.25) is 0 Å². The molecule has 4 N–H and O–H groups in total. The lowest BCUT2D eigenvalue weighted by Gasteiger charge is -2.33. The van der Waals surface area contributed by atoms with Crippen LogP contribution in [0.3, 0.4) is 0 Å². The molecule has 21 heavy (non-hydrogen) atoms. The second kappa shape index (κ2) is 5.43. The summed E-state index contributed by atoms with van der Waals surface area (Å²) in [5.74, 6) is -18.6. The number of aliphatic carboxylic acids is 1. The zero-order valence-electron chi connectivity index (χ0n) is 9.13. The number of hydrogen-bond donors (Lipinski definition) is 2. The number of halogens is 11. The van der Waals surface area contributed by atoms with Crippen LogP contribution in [-0.4, -0.2) is 41.3 Å². The first-order valence-corrected chi connectivity index (χ1v) is 3.91. The maximum Gasteiger partial charge on any atom is 0.460 e. The predicted molar refractivity (Wildman–Crippen MR) is 39.6 cm³/mol. The van der Waals surface area contributed by atoms with Gasteiger partial charge in [0.05, 0.1) is 0 Å². The monoisotopic (exact) mass is 347 g/mol. The predicted octanol–water partition coefficient (Wildman–Crippen LogP) is 3.27. The van der Waals surface area contributed by atoms with Gasteiger partial charge in [0.15, 0.2) is 0 Å². The van der Waals surface area contributed by atoms with E-state index in [0.717, 1.165) is 0 Å². The first-order valence-electron chi connectivity index (χ1n) is 3.91. The summed E-state index contributed by atoms with van der Waals surface area (Å²) in [7, 11) is 0. The van der Waals surface area contributed by atoms with Crippen molar-refractivity contribution in [2.75, 3.05) is 0 Å². The number of alkyl halides is 11. The fourth-order valence-electron chi connectivity index (χ4n) is 0.630. The first-order chi connectivity index (χ1) is 8.40. The molecule has 0 saturated heterocycles. The summed E-state index contributed by atoms with van der Waals surface area (Å²) in [4.78, 5) is 9.61. The molecule has 0 atom stereocenters. The smallest absolute Gasteiger partial charge is 0.460 e. The average molecular weight is 347 g/mol. The summed E-state index contributed by atoms with van der Waals surface area (Å²) in [6.45, 7) is 0. The summed E-state index contributed by atoms with van der Waals surface area (Å²) in [5.41, 5.74) is 0. The van der Waals surface area contributed by atoms with E-state index in [9.17, 15) is 53.1 Å². The van der Waals surface area contributed by atoms with Crippen LogP contribution in [0.15, 0.2) is 0 Å². The van der Waals surface area contributed by atoms with Crippen molar-refractivity contribution in [3.05, 3.63) is 0 Å². The molecule has 0 saturated carbocycles. The second-order valence-corrected chi connectivity index (χ2v) is 3.09. The molecule has 0 bridgehead atoms. The van der Waals surface area contributed by atoms with E-state index in [1.165, 1.54) is 0 Å². The van der Waals surface area contributed by atoms with Gasteiger partial charge in [-0.2, -0.15) is 48.3 Å². The van der Waals surface area contributed by atoms with Gasteiger partial charge in [0.2, 0.25) is 0 Å². The second-order valence-electron chi connectivity index (χ2n) is 3.09. The largest absolute Gasteiger partial charge is 0.475 e. The van der Waals surface area contributed by atoms with E-state index < -0.39 is 36.2 Å². The molecule has 4 nitrogen and oxygen atoms in total. The maximum absolute atomic E-state index is 12.4. The van der Waals surface area contributed by atoms with Crippen LogP contribution >= 0.6 is 0 Å². The van der Waals surface area contributed by atoms with Crippen LogP contribution in [0.1, 0.15) is 0 Å². The Bertz CT molecular complexity index is 390. The standard InChI is InChI=1S/C6HF11O3.H3N/c7-2(8,1(18)19)20-6(16,17)4(11,12)3(9,10)5(13,14)15;/h(H,18,19);1H3. The van der Waals surface area contributed by atoms with E-state index in [4.69, 9.17) is 5.11 Å². The molecule has 0 aromatic heterocycles. The Morgan fingerprint density at radius 2 is 1.10 bits per heavy atom. The van der Waals surface area contributed by atoms with E-state index >= 15 is 0 Å². The Kier molecular flexibility index (Phi) is 5.67. The number of hydrogen-bond acceptors (Lipinski definition) is 3. The highest BCUT2D eigenvalue weighted by atomic mass is 19.4. The maximum atomic E-state index is 12.4. The minimum atomic E-state index is -7.49. The van der Waals surface area contributed by atoms with Crippen LogP contribution in [0.2, 0.25) is 0 Å². The number of carboxylic acid groups (broad SMARTS) is 1. The molecule has 128 valence electrons. The fourth-order valence-corrected chi connectivity index (χ4v) is 0.630. The van der Waals surface area contributed by atoms with Crippen LogP contribution < -0.4 is 6.15 Å². The molecule has 0 amide bonds. The summed E-state index contributed by atoms with van der Waals surface area (Å²) < 4.78 is 134. The van der Waals surface area contributed by atoms with Gasteiger partial charge in [0, 0.05) is 0 Å². The van der Waals surface area contributed by atoms with Gasteiger partial charge < -0.3 is 11.3 Å².